The number of carbonyl (C=O) groups is 2. The van der Waals surface area contributed by atoms with Crippen molar-refractivity contribution in [2.24, 2.45) is 0 Å². The third kappa shape index (κ3) is 7.67. The SMILES string of the molecule is CCOC(=O)c1c(CSc2c(C)cc(C)cc2C)n(Cc2ccc(F)cc2)c2cc(C3=CCN(C(=O)OC(C)(C)C)CC3)c(O)cc12. The zero-order valence-electron chi connectivity index (χ0n) is 28.2. The summed E-state index contributed by atoms with van der Waals surface area (Å²) in [4.78, 5) is 29.1. The number of halogens is 1. The van der Waals surface area contributed by atoms with Crippen LogP contribution in [0.25, 0.3) is 16.5 Å². The molecule has 0 spiro atoms. The van der Waals surface area contributed by atoms with Crippen molar-refractivity contribution in [1.82, 2.24) is 9.47 Å². The van der Waals surface area contributed by atoms with Crippen LogP contribution in [-0.4, -0.2) is 51.9 Å². The molecule has 4 aromatic rings. The standard InChI is InChI=1S/C38H43FN2O5S/c1-8-45-36(43)34-30-20-33(42)29(27-13-15-40(16-14-27)37(44)46-38(5,6)7)19-31(30)41(21-26-9-11-28(39)12-10-26)32(34)22-47-35-24(3)17-23(2)18-25(35)4/h9-13,17-20,42H,8,14-16,21-22H2,1-7H3. The Labute approximate surface area is 280 Å². The number of aryl methyl sites for hydroxylation is 3. The van der Waals surface area contributed by atoms with Gasteiger partial charge in [-0.15, -0.1) is 11.8 Å². The number of hydrogen-bond acceptors (Lipinski definition) is 6. The van der Waals surface area contributed by atoms with Gasteiger partial charge in [0.1, 0.15) is 17.2 Å². The van der Waals surface area contributed by atoms with Crippen LogP contribution in [0.15, 0.2) is 59.5 Å². The van der Waals surface area contributed by atoms with Crippen LogP contribution in [-0.2, 0) is 21.8 Å². The Kier molecular flexibility index (Phi) is 10.1. The number of carbonyl (C=O) groups excluding carboxylic acids is 2. The van der Waals surface area contributed by atoms with E-state index in [1.807, 2.05) is 32.9 Å². The Morgan fingerprint density at radius 2 is 1.70 bits per heavy atom. The second-order valence-corrected chi connectivity index (χ2v) is 14.0. The lowest BCUT2D eigenvalue weighted by atomic mass is 9.97. The summed E-state index contributed by atoms with van der Waals surface area (Å²) in [6.45, 7) is 14.9. The van der Waals surface area contributed by atoms with Crippen LogP contribution in [0.2, 0.25) is 0 Å². The molecule has 1 aliphatic heterocycles. The maximum Gasteiger partial charge on any atom is 0.410 e. The van der Waals surface area contributed by atoms with Crippen molar-refractivity contribution in [2.75, 3.05) is 19.7 Å². The number of esters is 1. The molecule has 0 fully saturated rings. The molecule has 2 heterocycles. The van der Waals surface area contributed by atoms with E-state index < -0.39 is 11.6 Å². The molecule has 248 valence electrons. The summed E-state index contributed by atoms with van der Waals surface area (Å²) in [7, 11) is 0. The van der Waals surface area contributed by atoms with Crippen molar-refractivity contribution in [3.63, 3.8) is 0 Å². The predicted molar refractivity (Wildman–Crippen MR) is 186 cm³/mol. The highest BCUT2D eigenvalue weighted by Gasteiger charge is 2.28. The quantitative estimate of drug-likeness (QED) is 0.150. The lowest BCUT2D eigenvalue weighted by molar-refractivity contribution is 0.0270. The van der Waals surface area contributed by atoms with Crippen LogP contribution < -0.4 is 0 Å². The monoisotopic (exact) mass is 658 g/mol. The molecule has 7 nitrogen and oxygen atoms in total. The first-order valence-electron chi connectivity index (χ1n) is 15.9. The van der Waals surface area contributed by atoms with Gasteiger partial charge in [-0.25, -0.2) is 14.0 Å². The van der Waals surface area contributed by atoms with Crippen LogP contribution in [0, 0.1) is 26.6 Å². The number of hydrogen-bond donors (Lipinski definition) is 1. The topological polar surface area (TPSA) is 81.0 Å². The molecule has 0 radical (unpaired) electrons. The summed E-state index contributed by atoms with van der Waals surface area (Å²) in [6, 6.07) is 14.2. The predicted octanol–water partition coefficient (Wildman–Crippen LogP) is 8.95. The minimum Gasteiger partial charge on any atom is -0.507 e. The second-order valence-electron chi connectivity index (χ2n) is 13.1. The highest BCUT2D eigenvalue weighted by atomic mass is 32.2. The summed E-state index contributed by atoms with van der Waals surface area (Å²) in [6.07, 6.45) is 2.09. The highest BCUT2D eigenvalue weighted by molar-refractivity contribution is 7.98. The van der Waals surface area contributed by atoms with E-state index in [2.05, 4.69) is 37.5 Å². The molecule has 0 atom stereocenters. The number of amides is 1. The Morgan fingerprint density at radius 3 is 2.30 bits per heavy atom. The largest absolute Gasteiger partial charge is 0.507 e. The Hall–Kier alpha value is -4.24. The van der Waals surface area contributed by atoms with Crippen LogP contribution in [0.5, 0.6) is 5.75 Å². The number of fused-ring (bicyclic) bond motifs is 1. The molecule has 0 unspecified atom stereocenters. The molecule has 1 aliphatic rings. The molecule has 0 aliphatic carbocycles. The van der Waals surface area contributed by atoms with Gasteiger partial charge in [0.25, 0.3) is 0 Å². The maximum absolute atomic E-state index is 13.9. The fourth-order valence-corrected chi connectivity index (χ4v) is 7.32. The average Bonchev–Trinajstić information content (AvgIpc) is 3.28. The molecular weight excluding hydrogens is 615 g/mol. The molecule has 3 aromatic carbocycles. The van der Waals surface area contributed by atoms with Crippen LogP contribution in [0.4, 0.5) is 9.18 Å². The number of benzene rings is 3. The minimum atomic E-state index is -0.593. The fourth-order valence-electron chi connectivity index (χ4n) is 6.17. The van der Waals surface area contributed by atoms with Gasteiger partial charge >= 0.3 is 12.1 Å². The van der Waals surface area contributed by atoms with Gasteiger partial charge in [0.2, 0.25) is 0 Å². The zero-order valence-corrected chi connectivity index (χ0v) is 29.0. The van der Waals surface area contributed by atoms with Crippen LogP contribution in [0.1, 0.15) is 78.0 Å². The number of aromatic hydroxyl groups is 1. The molecule has 0 bridgehead atoms. The lowest BCUT2D eigenvalue weighted by Gasteiger charge is -2.29. The summed E-state index contributed by atoms with van der Waals surface area (Å²) >= 11 is 1.66. The molecule has 9 heteroatoms. The van der Waals surface area contributed by atoms with Gasteiger partial charge in [-0.2, -0.15) is 0 Å². The van der Waals surface area contributed by atoms with Gasteiger partial charge in [0.05, 0.1) is 17.7 Å². The normalized spacial score (nSPS) is 13.5. The first-order valence-corrected chi connectivity index (χ1v) is 16.9. The number of thioether (sulfide) groups is 1. The van der Waals surface area contributed by atoms with E-state index >= 15 is 0 Å². The molecule has 5 rings (SSSR count). The van der Waals surface area contributed by atoms with Gasteiger partial charge in [-0.05, 0) is 101 Å². The summed E-state index contributed by atoms with van der Waals surface area (Å²) in [5.41, 5.74) is 7.26. The Balaban J connectivity index is 1.63. The third-order valence-corrected chi connectivity index (χ3v) is 9.54. The van der Waals surface area contributed by atoms with E-state index in [4.69, 9.17) is 9.47 Å². The van der Waals surface area contributed by atoms with E-state index in [-0.39, 0.29) is 24.3 Å². The van der Waals surface area contributed by atoms with Crippen molar-refractivity contribution in [3.05, 3.63) is 99.5 Å². The van der Waals surface area contributed by atoms with Gasteiger partial charge in [0, 0.05) is 46.9 Å². The number of ether oxygens (including phenoxy) is 2. The molecule has 1 amide bonds. The summed E-state index contributed by atoms with van der Waals surface area (Å²) in [5.74, 6) is -0.265. The third-order valence-electron chi connectivity index (χ3n) is 8.19. The molecule has 47 heavy (non-hydrogen) atoms. The van der Waals surface area contributed by atoms with Gasteiger partial charge in [0.15, 0.2) is 0 Å². The number of rotatable bonds is 8. The van der Waals surface area contributed by atoms with E-state index in [1.165, 1.54) is 17.7 Å². The molecular formula is C38H43FN2O5S. The van der Waals surface area contributed by atoms with E-state index in [0.29, 0.717) is 48.3 Å². The molecule has 0 saturated heterocycles. The molecule has 1 N–H and O–H groups in total. The van der Waals surface area contributed by atoms with Crippen molar-refractivity contribution >= 4 is 40.3 Å². The number of phenolic OH excluding ortho intramolecular Hbond substituents is 1. The molecule has 0 saturated carbocycles. The second kappa shape index (κ2) is 13.9. The first kappa shape index (κ1) is 34.1. The number of aromatic nitrogens is 1. The van der Waals surface area contributed by atoms with Gasteiger partial charge in [-0.3, -0.25) is 0 Å². The van der Waals surface area contributed by atoms with E-state index in [1.54, 1.807) is 41.8 Å². The maximum atomic E-state index is 13.9. The van der Waals surface area contributed by atoms with Gasteiger partial charge in [-0.1, -0.05) is 35.9 Å². The van der Waals surface area contributed by atoms with Crippen molar-refractivity contribution in [2.45, 2.75) is 77.7 Å². The van der Waals surface area contributed by atoms with E-state index in [0.717, 1.165) is 38.4 Å². The zero-order chi connectivity index (χ0) is 34.0. The lowest BCUT2D eigenvalue weighted by Crippen LogP contribution is -2.39. The minimum absolute atomic E-state index is 0.0448. The number of nitrogens with zero attached hydrogens (tertiary/aromatic N) is 2. The van der Waals surface area contributed by atoms with Crippen LogP contribution in [0.3, 0.4) is 0 Å². The Morgan fingerprint density at radius 1 is 1.02 bits per heavy atom. The number of phenols is 1. The Bertz CT molecular complexity index is 1830. The van der Waals surface area contributed by atoms with Crippen molar-refractivity contribution in [3.8, 4) is 5.75 Å². The first-order chi connectivity index (χ1) is 22.3. The summed E-state index contributed by atoms with van der Waals surface area (Å²) < 4.78 is 27.1. The fraction of sp³-hybridized carbons (Fsp3) is 0.368. The van der Waals surface area contributed by atoms with E-state index in [9.17, 15) is 19.1 Å². The van der Waals surface area contributed by atoms with Crippen LogP contribution >= 0.6 is 11.8 Å². The van der Waals surface area contributed by atoms with Crippen molar-refractivity contribution < 1.29 is 28.6 Å². The van der Waals surface area contributed by atoms with Gasteiger partial charge < -0.3 is 24.0 Å². The van der Waals surface area contributed by atoms with Crippen molar-refractivity contribution in [1.29, 1.82) is 0 Å². The summed E-state index contributed by atoms with van der Waals surface area (Å²) in [5, 5.41) is 12.0. The average molecular weight is 659 g/mol. The smallest absolute Gasteiger partial charge is 0.410 e. The highest BCUT2D eigenvalue weighted by Crippen LogP contribution is 2.40. The molecule has 1 aromatic heterocycles.